The van der Waals surface area contributed by atoms with Crippen LogP contribution in [0, 0.1) is 0 Å². The quantitative estimate of drug-likeness (QED) is 0.635. The van der Waals surface area contributed by atoms with E-state index in [0.29, 0.717) is 12.1 Å². The molecular formula is C27H37N3O3. The Morgan fingerprint density at radius 3 is 2.27 bits per heavy atom. The van der Waals surface area contributed by atoms with Crippen molar-refractivity contribution in [1.29, 1.82) is 0 Å². The standard InChI is InChI=1S/C27H37N3O3/c1-19(29-26(32)20-12-14-21(15-13-20)27(2,3)4)25(31)28-18-23(30-16-8-9-17-30)22-10-6-7-11-24(22)33-5/h6-7,10-15,19,23H,8-9,16-18H2,1-5H3,(H,28,31)(H,29,32). The molecule has 0 saturated carbocycles. The van der Waals surface area contributed by atoms with E-state index in [4.69, 9.17) is 4.74 Å². The minimum atomic E-state index is -0.642. The van der Waals surface area contributed by atoms with Crippen molar-refractivity contribution >= 4 is 11.8 Å². The molecule has 1 aliphatic heterocycles. The molecule has 0 aliphatic carbocycles. The van der Waals surface area contributed by atoms with Gasteiger partial charge in [0, 0.05) is 17.7 Å². The van der Waals surface area contributed by atoms with Crippen LogP contribution in [0.3, 0.4) is 0 Å². The minimum absolute atomic E-state index is 0.0233. The number of para-hydroxylation sites is 1. The summed E-state index contributed by atoms with van der Waals surface area (Å²) in [5.41, 5.74) is 2.80. The summed E-state index contributed by atoms with van der Waals surface area (Å²) in [5.74, 6) is 0.372. The molecule has 2 aromatic rings. The number of nitrogens with one attached hydrogen (secondary N) is 2. The number of carbonyl (C=O) groups excluding carboxylic acids is 2. The lowest BCUT2D eigenvalue weighted by Crippen LogP contribution is -2.47. The van der Waals surface area contributed by atoms with Gasteiger partial charge in [-0.1, -0.05) is 51.1 Å². The van der Waals surface area contributed by atoms with E-state index in [9.17, 15) is 9.59 Å². The number of hydrogen-bond donors (Lipinski definition) is 2. The second-order valence-corrected chi connectivity index (χ2v) is 9.77. The first-order chi connectivity index (χ1) is 15.7. The van der Waals surface area contributed by atoms with E-state index < -0.39 is 6.04 Å². The van der Waals surface area contributed by atoms with Gasteiger partial charge in [-0.2, -0.15) is 0 Å². The number of rotatable bonds is 8. The summed E-state index contributed by atoms with van der Waals surface area (Å²) >= 11 is 0. The Balaban J connectivity index is 1.62. The lowest BCUT2D eigenvalue weighted by Gasteiger charge is -2.29. The largest absolute Gasteiger partial charge is 0.496 e. The topological polar surface area (TPSA) is 70.7 Å². The predicted octanol–water partition coefficient (Wildman–Crippen LogP) is 4.06. The molecule has 0 spiro atoms. The first-order valence-electron chi connectivity index (χ1n) is 11.8. The summed E-state index contributed by atoms with van der Waals surface area (Å²) in [4.78, 5) is 27.9. The predicted molar refractivity (Wildman–Crippen MR) is 132 cm³/mol. The number of methoxy groups -OCH3 is 1. The third kappa shape index (κ3) is 6.35. The molecule has 178 valence electrons. The Morgan fingerprint density at radius 1 is 1.03 bits per heavy atom. The van der Waals surface area contributed by atoms with Crippen LogP contribution in [0.4, 0.5) is 0 Å². The number of carbonyl (C=O) groups is 2. The fourth-order valence-electron chi connectivity index (χ4n) is 4.25. The molecule has 1 saturated heterocycles. The Hall–Kier alpha value is -2.86. The van der Waals surface area contributed by atoms with Crippen LogP contribution in [0.15, 0.2) is 48.5 Å². The van der Waals surface area contributed by atoms with Crippen molar-refractivity contribution < 1.29 is 14.3 Å². The van der Waals surface area contributed by atoms with Crippen LogP contribution in [0.1, 0.15) is 68.1 Å². The van der Waals surface area contributed by atoms with Crippen molar-refractivity contribution in [3.8, 4) is 5.75 Å². The highest BCUT2D eigenvalue weighted by Crippen LogP contribution is 2.31. The molecule has 2 aromatic carbocycles. The summed E-state index contributed by atoms with van der Waals surface area (Å²) in [6, 6.07) is 14.9. The number of likely N-dealkylation sites (tertiary alicyclic amines) is 1. The number of amides is 2. The third-order valence-corrected chi connectivity index (χ3v) is 6.30. The Bertz CT molecular complexity index is 944. The van der Waals surface area contributed by atoms with Gasteiger partial charge in [0.05, 0.1) is 13.2 Å². The second-order valence-electron chi connectivity index (χ2n) is 9.77. The van der Waals surface area contributed by atoms with E-state index in [2.05, 4.69) is 42.4 Å². The molecule has 33 heavy (non-hydrogen) atoms. The Morgan fingerprint density at radius 2 is 1.67 bits per heavy atom. The summed E-state index contributed by atoms with van der Waals surface area (Å²) in [5, 5.41) is 5.86. The van der Waals surface area contributed by atoms with Gasteiger partial charge < -0.3 is 15.4 Å². The average Bonchev–Trinajstić information content (AvgIpc) is 3.33. The number of ether oxygens (including phenoxy) is 1. The zero-order valence-electron chi connectivity index (χ0n) is 20.5. The van der Waals surface area contributed by atoms with E-state index in [0.717, 1.165) is 42.8 Å². The van der Waals surface area contributed by atoms with Crippen molar-refractivity contribution in [2.75, 3.05) is 26.7 Å². The maximum absolute atomic E-state index is 12.8. The number of nitrogens with zero attached hydrogens (tertiary/aromatic N) is 1. The molecule has 1 aliphatic rings. The first kappa shape index (κ1) is 24.8. The van der Waals surface area contributed by atoms with E-state index >= 15 is 0 Å². The van der Waals surface area contributed by atoms with E-state index in [-0.39, 0.29) is 23.3 Å². The molecule has 0 bridgehead atoms. The summed E-state index contributed by atoms with van der Waals surface area (Å²) in [7, 11) is 1.67. The molecule has 0 aromatic heterocycles. The minimum Gasteiger partial charge on any atom is -0.496 e. The maximum atomic E-state index is 12.8. The van der Waals surface area contributed by atoms with Gasteiger partial charge in [-0.05, 0) is 62.0 Å². The lowest BCUT2D eigenvalue weighted by atomic mass is 9.86. The van der Waals surface area contributed by atoms with Gasteiger partial charge in [-0.15, -0.1) is 0 Å². The fraction of sp³-hybridized carbons (Fsp3) is 0.481. The van der Waals surface area contributed by atoms with Gasteiger partial charge in [0.2, 0.25) is 5.91 Å². The van der Waals surface area contributed by atoms with Crippen LogP contribution in [0.2, 0.25) is 0 Å². The van der Waals surface area contributed by atoms with Gasteiger partial charge in [0.25, 0.3) is 5.91 Å². The molecule has 2 atom stereocenters. The average molecular weight is 452 g/mol. The smallest absolute Gasteiger partial charge is 0.251 e. The lowest BCUT2D eigenvalue weighted by molar-refractivity contribution is -0.122. The van der Waals surface area contributed by atoms with Crippen LogP contribution in [-0.2, 0) is 10.2 Å². The summed E-state index contributed by atoms with van der Waals surface area (Å²) in [6.07, 6.45) is 2.31. The molecule has 3 rings (SSSR count). The third-order valence-electron chi connectivity index (χ3n) is 6.30. The number of benzene rings is 2. The molecule has 2 N–H and O–H groups in total. The molecule has 2 amide bonds. The molecule has 6 nitrogen and oxygen atoms in total. The molecule has 0 radical (unpaired) electrons. The van der Waals surface area contributed by atoms with Crippen molar-refractivity contribution in [3.63, 3.8) is 0 Å². The Labute approximate surface area is 197 Å². The van der Waals surface area contributed by atoms with Crippen molar-refractivity contribution in [3.05, 3.63) is 65.2 Å². The van der Waals surface area contributed by atoms with Gasteiger partial charge in [-0.25, -0.2) is 0 Å². The highest BCUT2D eigenvalue weighted by atomic mass is 16.5. The van der Waals surface area contributed by atoms with Crippen LogP contribution < -0.4 is 15.4 Å². The van der Waals surface area contributed by atoms with Gasteiger partial charge in [-0.3, -0.25) is 14.5 Å². The number of hydrogen-bond acceptors (Lipinski definition) is 4. The van der Waals surface area contributed by atoms with Crippen molar-refractivity contribution in [2.24, 2.45) is 0 Å². The Kier molecular flexibility index (Phi) is 8.14. The van der Waals surface area contributed by atoms with Gasteiger partial charge in [0.1, 0.15) is 11.8 Å². The second kappa shape index (κ2) is 10.8. The first-order valence-corrected chi connectivity index (χ1v) is 11.8. The van der Waals surface area contributed by atoms with Crippen molar-refractivity contribution in [2.45, 2.75) is 58.0 Å². The molecular weight excluding hydrogens is 414 g/mol. The van der Waals surface area contributed by atoms with E-state index in [1.165, 1.54) is 0 Å². The van der Waals surface area contributed by atoms with Gasteiger partial charge in [0.15, 0.2) is 0 Å². The van der Waals surface area contributed by atoms with Crippen molar-refractivity contribution in [1.82, 2.24) is 15.5 Å². The van der Waals surface area contributed by atoms with Crippen LogP contribution in [0.25, 0.3) is 0 Å². The molecule has 1 heterocycles. The molecule has 2 unspecified atom stereocenters. The zero-order chi connectivity index (χ0) is 24.0. The highest BCUT2D eigenvalue weighted by Gasteiger charge is 2.27. The summed E-state index contributed by atoms with van der Waals surface area (Å²) < 4.78 is 5.57. The SMILES string of the molecule is COc1ccccc1C(CNC(=O)C(C)NC(=O)c1ccc(C(C)(C)C)cc1)N1CCCC1. The molecule has 6 heteroatoms. The summed E-state index contributed by atoms with van der Waals surface area (Å²) in [6.45, 7) is 10.6. The van der Waals surface area contributed by atoms with Crippen LogP contribution in [0.5, 0.6) is 5.75 Å². The van der Waals surface area contributed by atoms with Gasteiger partial charge >= 0.3 is 0 Å². The fourth-order valence-corrected chi connectivity index (χ4v) is 4.25. The monoisotopic (exact) mass is 451 g/mol. The van der Waals surface area contributed by atoms with Crippen LogP contribution in [-0.4, -0.2) is 49.5 Å². The van der Waals surface area contributed by atoms with E-state index in [1.54, 1.807) is 14.0 Å². The normalized spacial score (nSPS) is 16.2. The maximum Gasteiger partial charge on any atom is 0.251 e. The van der Waals surface area contributed by atoms with E-state index in [1.807, 2.05) is 42.5 Å². The van der Waals surface area contributed by atoms with Crippen LogP contribution >= 0.6 is 0 Å². The molecule has 1 fully saturated rings. The zero-order valence-corrected chi connectivity index (χ0v) is 20.5. The highest BCUT2D eigenvalue weighted by molar-refractivity contribution is 5.97.